The normalized spacial score (nSPS) is 25.4. The third kappa shape index (κ3) is 2.94. The van der Waals surface area contributed by atoms with Gasteiger partial charge in [0.05, 0.1) is 5.70 Å². The Kier molecular flexibility index (Phi) is 3.97. The molecule has 134 valence electrons. The van der Waals surface area contributed by atoms with Gasteiger partial charge >= 0.3 is 0 Å². The molecule has 3 rings (SSSR count). The molecule has 0 unspecified atom stereocenters. The predicted octanol–water partition coefficient (Wildman–Crippen LogP) is 2.95. The van der Waals surface area contributed by atoms with E-state index in [4.69, 9.17) is 5.73 Å². The second-order valence-electron chi connectivity index (χ2n) is 7.92. The highest BCUT2D eigenvalue weighted by atomic mass is 19.2. The highest BCUT2D eigenvalue weighted by Crippen LogP contribution is 2.47. The number of likely N-dealkylation sites (tertiary alicyclic amines) is 1. The fourth-order valence-corrected chi connectivity index (χ4v) is 4.16. The first-order valence-electron chi connectivity index (χ1n) is 8.33. The second-order valence-corrected chi connectivity index (χ2v) is 7.92. The van der Waals surface area contributed by atoms with Gasteiger partial charge in [-0.05, 0) is 43.5 Å². The van der Waals surface area contributed by atoms with E-state index < -0.39 is 17.0 Å². The third-order valence-electron chi connectivity index (χ3n) is 5.26. The number of hydrogen-bond donors (Lipinski definition) is 1. The van der Waals surface area contributed by atoms with Gasteiger partial charge in [0.2, 0.25) is 0 Å². The molecule has 25 heavy (non-hydrogen) atoms. The molecule has 1 saturated heterocycles. The van der Waals surface area contributed by atoms with Crippen molar-refractivity contribution in [2.75, 3.05) is 13.1 Å². The molecule has 1 spiro atoms. The van der Waals surface area contributed by atoms with E-state index in [1.165, 1.54) is 13.0 Å². The summed E-state index contributed by atoms with van der Waals surface area (Å²) in [6.07, 6.45) is 3.09. The van der Waals surface area contributed by atoms with E-state index >= 15 is 0 Å². The van der Waals surface area contributed by atoms with Crippen molar-refractivity contribution in [1.29, 1.82) is 0 Å². The number of aryl methyl sites for hydroxylation is 1. The zero-order valence-electron chi connectivity index (χ0n) is 14.7. The molecular weight excluding hydrogens is 326 g/mol. The maximum atomic E-state index is 13.6. The second kappa shape index (κ2) is 5.64. The van der Waals surface area contributed by atoms with E-state index in [2.05, 4.69) is 0 Å². The lowest BCUT2D eigenvalue weighted by atomic mass is 9.65. The van der Waals surface area contributed by atoms with E-state index in [1.807, 2.05) is 13.8 Å². The van der Waals surface area contributed by atoms with Crippen LogP contribution in [0, 0.1) is 29.4 Å². The molecule has 1 aliphatic heterocycles. The van der Waals surface area contributed by atoms with Crippen LogP contribution >= 0.6 is 0 Å². The molecule has 1 aromatic rings. The zero-order chi connectivity index (χ0) is 18.6. The van der Waals surface area contributed by atoms with Gasteiger partial charge in [0.15, 0.2) is 17.4 Å². The van der Waals surface area contributed by atoms with Gasteiger partial charge in [0.1, 0.15) is 0 Å². The highest BCUT2D eigenvalue weighted by Gasteiger charge is 2.48. The molecule has 1 amide bonds. The Balaban J connectivity index is 1.86. The molecule has 2 N–H and O–H groups in total. The smallest absolute Gasteiger partial charge is 0.253 e. The summed E-state index contributed by atoms with van der Waals surface area (Å²) in [5, 5.41) is 0. The number of hydrogen-bond acceptors (Lipinski definition) is 3. The molecule has 0 aromatic heterocycles. The van der Waals surface area contributed by atoms with Crippen LogP contribution in [0.15, 0.2) is 23.9 Å². The monoisotopic (exact) mass is 348 g/mol. The van der Waals surface area contributed by atoms with Crippen molar-refractivity contribution < 1.29 is 18.4 Å². The first-order valence-corrected chi connectivity index (χ1v) is 8.33. The first-order chi connectivity index (χ1) is 11.5. The van der Waals surface area contributed by atoms with Gasteiger partial charge in [-0.2, -0.15) is 0 Å². The minimum Gasteiger partial charge on any atom is -0.396 e. The number of nitrogens with two attached hydrogens (primary N) is 1. The number of ketones is 1. The Labute approximate surface area is 145 Å². The highest BCUT2D eigenvalue weighted by molar-refractivity contribution is 6.00. The van der Waals surface area contributed by atoms with Crippen LogP contribution in [0.2, 0.25) is 0 Å². The average Bonchev–Trinajstić information content (AvgIpc) is 2.91. The van der Waals surface area contributed by atoms with E-state index in [-0.39, 0.29) is 33.9 Å². The van der Waals surface area contributed by atoms with Crippen LogP contribution in [-0.2, 0) is 4.79 Å². The Morgan fingerprint density at radius 1 is 1.28 bits per heavy atom. The van der Waals surface area contributed by atoms with Gasteiger partial charge in [-0.3, -0.25) is 9.59 Å². The molecule has 0 bridgehead atoms. The van der Waals surface area contributed by atoms with Gasteiger partial charge in [-0.1, -0.05) is 13.8 Å². The number of benzene rings is 1. The topological polar surface area (TPSA) is 63.4 Å². The maximum absolute atomic E-state index is 13.6. The summed E-state index contributed by atoms with van der Waals surface area (Å²) in [5.74, 6) is -2.36. The number of halogens is 2. The molecule has 4 nitrogen and oxygen atoms in total. The molecule has 1 atom stereocenters. The number of carbonyl (C=O) groups is 2. The molecular formula is C19H22F2N2O2. The van der Waals surface area contributed by atoms with Gasteiger partial charge in [-0.15, -0.1) is 0 Å². The Hall–Kier alpha value is -2.24. The van der Waals surface area contributed by atoms with Crippen molar-refractivity contribution in [1.82, 2.24) is 4.90 Å². The standard InChI is InChI=1S/C19H22F2N2O2/c1-11-6-12(7-13(20)15(11)21)17(25)23-5-4-19(10-23)8-14(22)16(24)18(2,3)9-19/h6-8H,4-5,9-10,22H2,1-3H3/t19-/m1/s1. The lowest BCUT2D eigenvalue weighted by molar-refractivity contribution is -0.125. The maximum Gasteiger partial charge on any atom is 0.253 e. The zero-order valence-corrected chi connectivity index (χ0v) is 14.7. The van der Waals surface area contributed by atoms with Crippen molar-refractivity contribution in [3.63, 3.8) is 0 Å². The van der Waals surface area contributed by atoms with Crippen LogP contribution in [0.1, 0.15) is 42.6 Å². The molecule has 1 fully saturated rings. The third-order valence-corrected chi connectivity index (χ3v) is 5.26. The fraction of sp³-hybridized carbons (Fsp3) is 0.474. The Morgan fingerprint density at radius 3 is 2.56 bits per heavy atom. The molecule has 0 radical (unpaired) electrons. The first kappa shape index (κ1) is 17.6. The summed E-state index contributed by atoms with van der Waals surface area (Å²) in [5.41, 5.74) is 5.48. The molecule has 6 heteroatoms. The molecule has 2 aliphatic rings. The number of allylic oxidation sites excluding steroid dienone is 1. The molecule has 1 aromatic carbocycles. The van der Waals surface area contributed by atoms with Crippen LogP contribution < -0.4 is 5.73 Å². The van der Waals surface area contributed by atoms with Crippen LogP contribution in [0.3, 0.4) is 0 Å². The number of nitrogens with zero attached hydrogens (tertiary/aromatic N) is 1. The van der Waals surface area contributed by atoms with Crippen molar-refractivity contribution in [3.8, 4) is 0 Å². The SMILES string of the molecule is Cc1cc(C(=O)N2CC[C@]3(C=C(N)C(=O)C(C)(C)C3)C2)cc(F)c1F. The van der Waals surface area contributed by atoms with E-state index in [1.54, 1.807) is 11.0 Å². The summed E-state index contributed by atoms with van der Waals surface area (Å²) < 4.78 is 27.1. The lowest BCUT2D eigenvalue weighted by Gasteiger charge is -2.39. The lowest BCUT2D eigenvalue weighted by Crippen LogP contribution is -2.42. The summed E-state index contributed by atoms with van der Waals surface area (Å²) in [7, 11) is 0. The van der Waals surface area contributed by atoms with Crippen molar-refractivity contribution in [2.24, 2.45) is 16.6 Å². The average molecular weight is 348 g/mol. The summed E-state index contributed by atoms with van der Waals surface area (Å²) >= 11 is 0. The van der Waals surface area contributed by atoms with Crippen LogP contribution in [0.4, 0.5) is 8.78 Å². The Bertz CT molecular complexity index is 778. The fourth-order valence-electron chi connectivity index (χ4n) is 4.16. The number of Topliss-reactive ketones (excluding diaryl/α,β-unsaturated/α-hetero) is 1. The number of rotatable bonds is 1. The predicted molar refractivity (Wildman–Crippen MR) is 89.7 cm³/mol. The van der Waals surface area contributed by atoms with Crippen LogP contribution in [-0.4, -0.2) is 29.7 Å². The van der Waals surface area contributed by atoms with Gasteiger partial charge in [0.25, 0.3) is 5.91 Å². The van der Waals surface area contributed by atoms with Crippen LogP contribution in [0.25, 0.3) is 0 Å². The van der Waals surface area contributed by atoms with E-state index in [0.717, 1.165) is 6.07 Å². The molecule has 1 aliphatic carbocycles. The quantitative estimate of drug-likeness (QED) is 0.849. The molecule has 1 heterocycles. The van der Waals surface area contributed by atoms with E-state index in [0.29, 0.717) is 25.9 Å². The van der Waals surface area contributed by atoms with Crippen molar-refractivity contribution in [2.45, 2.75) is 33.6 Å². The van der Waals surface area contributed by atoms with Gasteiger partial charge in [-0.25, -0.2) is 8.78 Å². The van der Waals surface area contributed by atoms with Crippen molar-refractivity contribution >= 4 is 11.7 Å². The van der Waals surface area contributed by atoms with Crippen LogP contribution in [0.5, 0.6) is 0 Å². The Morgan fingerprint density at radius 2 is 1.96 bits per heavy atom. The van der Waals surface area contributed by atoms with Gasteiger partial charge < -0.3 is 10.6 Å². The summed E-state index contributed by atoms with van der Waals surface area (Å²) in [6.45, 7) is 6.06. The summed E-state index contributed by atoms with van der Waals surface area (Å²) in [6, 6.07) is 2.30. The number of amides is 1. The minimum absolute atomic E-state index is 0.0702. The minimum atomic E-state index is -1.02. The van der Waals surface area contributed by atoms with E-state index in [9.17, 15) is 18.4 Å². The number of carbonyl (C=O) groups excluding carboxylic acids is 2. The largest absolute Gasteiger partial charge is 0.396 e. The molecule has 0 saturated carbocycles. The summed E-state index contributed by atoms with van der Waals surface area (Å²) in [4.78, 5) is 26.5. The van der Waals surface area contributed by atoms with Gasteiger partial charge in [0, 0.05) is 29.5 Å². The van der Waals surface area contributed by atoms with Crippen molar-refractivity contribution in [3.05, 3.63) is 46.7 Å².